The van der Waals surface area contributed by atoms with Gasteiger partial charge < -0.3 is 0 Å². The van der Waals surface area contributed by atoms with Gasteiger partial charge in [0.15, 0.2) is 0 Å². The fourth-order valence-electron chi connectivity index (χ4n) is 2.58. The normalized spacial score (nSPS) is 15.7. The number of nitrogens with zero attached hydrogens (tertiary/aromatic N) is 1. The van der Waals surface area contributed by atoms with Gasteiger partial charge in [-0.1, -0.05) is 12.1 Å². The molecule has 1 fully saturated rings. The minimum Gasteiger partial charge on any atom is -0.284 e. The van der Waals surface area contributed by atoms with Gasteiger partial charge in [0.05, 0.1) is 22.6 Å². The molecule has 0 aromatic heterocycles. The van der Waals surface area contributed by atoms with Crippen LogP contribution in [0.1, 0.15) is 18.4 Å². The molecule has 3 rings (SSSR count). The third-order valence-electron chi connectivity index (χ3n) is 4.12. The van der Waals surface area contributed by atoms with Crippen molar-refractivity contribution < 1.29 is 16.8 Å². The van der Waals surface area contributed by atoms with Crippen LogP contribution in [0.2, 0.25) is 0 Å². The first-order valence-electron chi connectivity index (χ1n) is 7.76. The van der Waals surface area contributed by atoms with Crippen LogP contribution in [0.4, 0.5) is 11.4 Å². The molecule has 0 bridgehead atoms. The van der Waals surface area contributed by atoms with Gasteiger partial charge in [0.2, 0.25) is 10.0 Å². The summed E-state index contributed by atoms with van der Waals surface area (Å²) < 4.78 is 52.0. The standard InChI is InChI=1S/C17H17N3O4S2/c1-25(21,22)19-14-6-8-16(9-7-14)26(23,24)20-15-4-2-13(3-5-15)17(12-18)10-11-17/h2-9,19-20H,10-11H2,1H3. The lowest BCUT2D eigenvalue weighted by Crippen LogP contribution is -2.14. The minimum atomic E-state index is -3.80. The van der Waals surface area contributed by atoms with Crippen LogP contribution in [0.25, 0.3) is 0 Å². The fourth-order valence-corrected chi connectivity index (χ4v) is 4.20. The second-order valence-corrected chi connectivity index (χ2v) is 9.71. The van der Waals surface area contributed by atoms with Crippen molar-refractivity contribution in [1.29, 1.82) is 5.26 Å². The molecule has 136 valence electrons. The highest BCUT2D eigenvalue weighted by Gasteiger charge is 2.44. The number of sulfonamides is 2. The van der Waals surface area contributed by atoms with Crippen molar-refractivity contribution in [3.05, 3.63) is 54.1 Å². The molecule has 0 saturated heterocycles. The van der Waals surface area contributed by atoms with Crippen LogP contribution >= 0.6 is 0 Å². The summed E-state index contributed by atoms with van der Waals surface area (Å²) >= 11 is 0. The lowest BCUT2D eigenvalue weighted by Gasteiger charge is -2.11. The van der Waals surface area contributed by atoms with Gasteiger partial charge in [-0.15, -0.1) is 0 Å². The van der Waals surface area contributed by atoms with E-state index in [1.54, 1.807) is 24.3 Å². The Bertz CT molecular complexity index is 1060. The highest BCUT2D eigenvalue weighted by molar-refractivity contribution is 7.92. The first kappa shape index (κ1) is 18.2. The molecule has 0 amide bonds. The van der Waals surface area contributed by atoms with Gasteiger partial charge in [0.25, 0.3) is 10.0 Å². The molecule has 1 saturated carbocycles. The molecule has 2 aromatic rings. The maximum Gasteiger partial charge on any atom is 0.261 e. The average molecular weight is 391 g/mol. The molecule has 26 heavy (non-hydrogen) atoms. The van der Waals surface area contributed by atoms with Crippen molar-refractivity contribution in [3.63, 3.8) is 0 Å². The molecule has 9 heteroatoms. The minimum absolute atomic E-state index is 0.0105. The molecule has 1 aliphatic carbocycles. The van der Waals surface area contributed by atoms with E-state index in [0.717, 1.165) is 24.7 Å². The van der Waals surface area contributed by atoms with Gasteiger partial charge in [-0.3, -0.25) is 9.44 Å². The molecular weight excluding hydrogens is 374 g/mol. The lowest BCUT2D eigenvalue weighted by atomic mass is 9.98. The zero-order valence-corrected chi connectivity index (χ0v) is 15.6. The predicted molar refractivity (Wildman–Crippen MR) is 98.7 cm³/mol. The van der Waals surface area contributed by atoms with E-state index in [1.807, 2.05) is 0 Å². The van der Waals surface area contributed by atoms with Crippen LogP contribution in [0.15, 0.2) is 53.4 Å². The van der Waals surface area contributed by atoms with E-state index in [4.69, 9.17) is 0 Å². The van der Waals surface area contributed by atoms with Gasteiger partial charge in [-0.25, -0.2) is 16.8 Å². The Morgan fingerprint density at radius 2 is 1.38 bits per heavy atom. The molecule has 0 spiro atoms. The Morgan fingerprint density at radius 1 is 0.885 bits per heavy atom. The quantitative estimate of drug-likeness (QED) is 0.784. The van der Waals surface area contributed by atoms with Crippen LogP contribution in [-0.2, 0) is 25.5 Å². The molecule has 7 nitrogen and oxygen atoms in total. The molecule has 0 aliphatic heterocycles. The summed E-state index contributed by atoms with van der Waals surface area (Å²) in [4.78, 5) is 0.0105. The van der Waals surface area contributed by atoms with Crippen molar-refractivity contribution in [1.82, 2.24) is 0 Å². The molecule has 2 N–H and O–H groups in total. The summed E-state index contributed by atoms with van der Waals surface area (Å²) in [5, 5.41) is 9.20. The SMILES string of the molecule is CS(=O)(=O)Nc1ccc(S(=O)(=O)Nc2ccc(C3(C#N)CC3)cc2)cc1. The molecule has 1 aliphatic rings. The highest BCUT2D eigenvalue weighted by Crippen LogP contribution is 2.47. The summed E-state index contributed by atoms with van der Waals surface area (Å²) in [7, 11) is -7.23. The van der Waals surface area contributed by atoms with Gasteiger partial charge in [0, 0.05) is 11.4 Å². The molecule has 0 atom stereocenters. The van der Waals surface area contributed by atoms with E-state index in [0.29, 0.717) is 5.69 Å². The summed E-state index contributed by atoms with van der Waals surface area (Å²) in [5.74, 6) is 0. The zero-order valence-electron chi connectivity index (χ0n) is 13.9. The molecule has 2 aromatic carbocycles. The third kappa shape index (κ3) is 3.98. The number of hydrogen-bond donors (Lipinski definition) is 2. The number of hydrogen-bond acceptors (Lipinski definition) is 5. The second kappa shape index (κ2) is 6.30. The third-order valence-corrected chi connectivity index (χ3v) is 6.13. The Kier molecular flexibility index (Phi) is 4.42. The number of benzene rings is 2. The maximum atomic E-state index is 12.4. The van der Waals surface area contributed by atoms with E-state index in [1.165, 1.54) is 24.3 Å². The number of rotatable bonds is 6. The van der Waals surface area contributed by atoms with E-state index in [9.17, 15) is 22.1 Å². The van der Waals surface area contributed by atoms with Crippen LogP contribution in [-0.4, -0.2) is 23.1 Å². The molecule has 0 radical (unpaired) electrons. The van der Waals surface area contributed by atoms with Gasteiger partial charge in [-0.05, 0) is 54.8 Å². The summed E-state index contributed by atoms with van der Waals surface area (Å²) in [6.07, 6.45) is 2.66. The van der Waals surface area contributed by atoms with Crippen LogP contribution in [0.3, 0.4) is 0 Å². The molecule has 0 unspecified atom stereocenters. The molecule has 0 heterocycles. The molecular formula is C17H17N3O4S2. The number of nitrogens with one attached hydrogen (secondary N) is 2. The van der Waals surface area contributed by atoms with Crippen LogP contribution in [0.5, 0.6) is 0 Å². The van der Waals surface area contributed by atoms with E-state index >= 15 is 0 Å². The average Bonchev–Trinajstić information content (AvgIpc) is 3.35. The van der Waals surface area contributed by atoms with E-state index < -0.39 is 25.5 Å². The van der Waals surface area contributed by atoms with Crippen molar-refractivity contribution >= 4 is 31.4 Å². The monoisotopic (exact) mass is 391 g/mol. The lowest BCUT2D eigenvalue weighted by molar-refractivity contribution is 0.601. The van der Waals surface area contributed by atoms with E-state index in [-0.39, 0.29) is 10.6 Å². The van der Waals surface area contributed by atoms with E-state index in [2.05, 4.69) is 15.5 Å². The fraction of sp³-hybridized carbons (Fsp3) is 0.235. The summed E-state index contributed by atoms with van der Waals surface area (Å²) in [6, 6.07) is 14.5. The summed E-state index contributed by atoms with van der Waals surface area (Å²) in [6.45, 7) is 0. The Labute approximate surface area is 152 Å². The van der Waals surface area contributed by atoms with Crippen molar-refractivity contribution in [3.8, 4) is 6.07 Å². The van der Waals surface area contributed by atoms with Gasteiger partial charge >= 0.3 is 0 Å². The van der Waals surface area contributed by atoms with Crippen molar-refractivity contribution in [2.24, 2.45) is 0 Å². The second-order valence-electron chi connectivity index (χ2n) is 6.28. The number of anilines is 2. The zero-order chi connectivity index (χ0) is 19.0. The smallest absolute Gasteiger partial charge is 0.261 e. The van der Waals surface area contributed by atoms with Crippen LogP contribution < -0.4 is 9.44 Å². The van der Waals surface area contributed by atoms with Crippen LogP contribution in [0, 0.1) is 11.3 Å². The Morgan fingerprint density at radius 3 is 1.85 bits per heavy atom. The van der Waals surface area contributed by atoms with Crippen molar-refractivity contribution in [2.45, 2.75) is 23.2 Å². The maximum absolute atomic E-state index is 12.4. The Hall–Kier alpha value is -2.57. The highest BCUT2D eigenvalue weighted by atomic mass is 32.2. The summed E-state index contributed by atoms with van der Waals surface area (Å²) in [5.41, 5.74) is 1.14. The predicted octanol–water partition coefficient (Wildman–Crippen LogP) is 2.41. The number of nitriles is 1. The first-order valence-corrected chi connectivity index (χ1v) is 11.1. The first-order chi connectivity index (χ1) is 12.1. The Balaban J connectivity index is 1.75. The topological polar surface area (TPSA) is 116 Å². The van der Waals surface area contributed by atoms with Gasteiger partial charge in [0.1, 0.15) is 0 Å². The van der Waals surface area contributed by atoms with Crippen molar-refractivity contribution in [2.75, 3.05) is 15.7 Å². The largest absolute Gasteiger partial charge is 0.284 e. The van der Waals surface area contributed by atoms with Gasteiger partial charge in [-0.2, -0.15) is 5.26 Å².